The monoisotopic (exact) mass is 472 g/mol. The average molecular weight is 473 g/mol. The van der Waals surface area contributed by atoms with Crippen LogP contribution in [0.1, 0.15) is 12.8 Å². The molecule has 4 heterocycles. The summed E-state index contributed by atoms with van der Waals surface area (Å²) in [5, 5.41) is 25.0. The Morgan fingerprint density at radius 3 is 2.79 bits per heavy atom. The maximum atomic E-state index is 12.9. The summed E-state index contributed by atoms with van der Waals surface area (Å²) in [7, 11) is 1.56. The van der Waals surface area contributed by atoms with Crippen molar-refractivity contribution in [1.29, 1.82) is 0 Å². The lowest BCUT2D eigenvalue weighted by Gasteiger charge is -2.31. The Morgan fingerprint density at radius 2 is 2.06 bits per heavy atom. The maximum absolute atomic E-state index is 12.9. The van der Waals surface area contributed by atoms with Gasteiger partial charge in [-0.1, -0.05) is 11.3 Å². The normalized spacial score (nSPS) is 15.6. The molecular weight excluding hydrogens is 446 g/mol. The van der Waals surface area contributed by atoms with E-state index in [0.29, 0.717) is 34.9 Å². The van der Waals surface area contributed by atoms with Crippen molar-refractivity contribution >= 4 is 22.5 Å². The molecule has 0 bridgehead atoms. The van der Waals surface area contributed by atoms with E-state index in [1.54, 1.807) is 23.8 Å². The van der Waals surface area contributed by atoms with Gasteiger partial charge < -0.3 is 20.1 Å². The molecule has 180 valence electrons. The highest BCUT2D eigenvalue weighted by atomic mass is 19.3. The fourth-order valence-electron chi connectivity index (χ4n) is 4.45. The van der Waals surface area contributed by atoms with Gasteiger partial charge in [-0.3, -0.25) is 0 Å². The average Bonchev–Trinajstić information content (AvgIpc) is 3.43. The molecule has 0 amide bonds. The van der Waals surface area contributed by atoms with Gasteiger partial charge in [0.05, 0.1) is 19.2 Å². The Hall–Kier alpha value is -3.38. The molecule has 0 atom stereocenters. The number of hydrogen-bond donors (Lipinski definition) is 2. The molecule has 1 fully saturated rings. The largest absolute Gasteiger partial charge is 0.479 e. The molecule has 1 aliphatic rings. The molecule has 0 aliphatic carbocycles. The first-order valence-corrected chi connectivity index (χ1v) is 11.2. The van der Waals surface area contributed by atoms with E-state index in [0.717, 1.165) is 37.1 Å². The number of β-amino-alcohol motifs (C(OH)–C–C–N with tert-alkyl or cyclic N) is 1. The van der Waals surface area contributed by atoms with Crippen molar-refractivity contribution in [3.63, 3.8) is 0 Å². The number of alkyl halides is 2. The van der Waals surface area contributed by atoms with E-state index in [1.165, 1.54) is 4.68 Å². The minimum atomic E-state index is -2.52. The quantitative estimate of drug-likeness (QED) is 0.403. The number of aliphatic hydroxyl groups excluding tert-OH is 1. The predicted octanol–water partition coefficient (Wildman–Crippen LogP) is 2.28. The lowest BCUT2D eigenvalue weighted by atomic mass is 10.1. The third-order valence-corrected chi connectivity index (χ3v) is 6.15. The maximum Gasteiger partial charge on any atom is 0.258 e. The Kier molecular flexibility index (Phi) is 6.24. The van der Waals surface area contributed by atoms with Gasteiger partial charge in [-0.2, -0.15) is 4.98 Å². The molecule has 12 heteroatoms. The molecule has 2 N–H and O–H groups in total. The van der Waals surface area contributed by atoms with Crippen LogP contribution in [-0.2, 0) is 6.54 Å². The van der Waals surface area contributed by atoms with Crippen molar-refractivity contribution in [2.75, 3.05) is 38.7 Å². The van der Waals surface area contributed by atoms with Crippen LogP contribution in [0.15, 0.2) is 30.5 Å². The second-order valence-electron chi connectivity index (χ2n) is 8.32. The van der Waals surface area contributed by atoms with E-state index in [9.17, 15) is 8.78 Å². The van der Waals surface area contributed by atoms with Gasteiger partial charge in [0, 0.05) is 37.4 Å². The zero-order valence-electron chi connectivity index (χ0n) is 18.7. The molecule has 0 unspecified atom stereocenters. The number of ether oxygens (including phenoxy) is 1. The van der Waals surface area contributed by atoms with Gasteiger partial charge in [-0.25, -0.2) is 18.0 Å². The van der Waals surface area contributed by atoms with E-state index in [2.05, 4.69) is 30.6 Å². The van der Waals surface area contributed by atoms with Gasteiger partial charge in [-0.15, -0.1) is 10.2 Å². The number of fused-ring (bicyclic) bond motifs is 2. The van der Waals surface area contributed by atoms with Crippen LogP contribution < -0.4 is 10.1 Å². The van der Waals surface area contributed by atoms with E-state index in [1.807, 2.05) is 18.3 Å². The van der Waals surface area contributed by atoms with Crippen molar-refractivity contribution in [3.05, 3.63) is 30.5 Å². The molecule has 0 spiro atoms. The third kappa shape index (κ3) is 4.38. The summed E-state index contributed by atoms with van der Waals surface area (Å²) in [6.45, 7) is 2.16. The summed E-state index contributed by atoms with van der Waals surface area (Å²) in [5.74, 6) is 0.885. The minimum absolute atomic E-state index is 0.170. The number of methoxy groups -OCH3 is 1. The molecule has 1 aromatic carbocycles. The zero-order chi connectivity index (χ0) is 23.7. The van der Waals surface area contributed by atoms with Crippen LogP contribution in [0.2, 0.25) is 0 Å². The predicted molar refractivity (Wildman–Crippen MR) is 122 cm³/mol. The number of nitrogens with one attached hydrogen (secondary N) is 1. The number of rotatable bonds is 8. The second-order valence-corrected chi connectivity index (χ2v) is 8.32. The van der Waals surface area contributed by atoms with Gasteiger partial charge in [-0.05, 0) is 36.6 Å². The summed E-state index contributed by atoms with van der Waals surface area (Å²) in [5.41, 5.74) is 3.37. The van der Waals surface area contributed by atoms with Crippen LogP contribution in [-0.4, -0.2) is 85.4 Å². The number of nitrogens with zero attached hydrogens (tertiary/aromatic N) is 7. The highest BCUT2D eigenvalue weighted by Gasteiger charge is 2.21. The summed E-state index contributed by atoms with van der Waals surface area (Å²) in [6.07, 6.45) is 1.16. The van der Waals surface area contributed by atoms with Gasteiger partial charge in [0.2, 0.25) is 11.8 Å². The van der Waals surface area contributed by atoms with Crippen molar-refractivity contribution in [2.45, 2.75) is 31.9 Å². The molecule has 10 nitrogen and oxygen atoms in total. The van der Waals surface area contributed by atoms with Gasteiger partial charge in [0.25, 0.3) is 6.43 Å². The highest BCUT2D eigenvalue weighted by Crippen LogP contribution is 2.33. The summed E-state index contributed by atoms with van der Waals surface area (Å²) >= 11 is 0. The molecule has 1 saturated heterocycles. The van der Waals surface area contributed by atoms with Gasteiger partial charge >= 0.3 is 0 Å². The third-order valence-electron chi connectivity index (χ3n) is 6.15. The van der Waals surface area contributed by atoms with Crippen LogP contribution in [0.25, 0.3) is 27.7 Å². The molecule has 3 aromatic heterocycles. The van der Waals surface area contributed by atoms with Gasteiger partial charge in [0.1, 0.15) is 17.6 Å². The van der Waals surface area contributed by atoms with E-state index in [-0.39, 0.29) is 12.6 Å². The number of aromatic nitrogens is 6. The van der Waals surface area contributed by atoms with E-state index < -0.39 is 13.0 Å². The number of hydrogen-bond acceptors (Lipinski definition) is 8. The Bertz CT molecular complexity index is 1280. The second kappa shape index (κ2) is 9.47. The minimum Gasteiger partial charge on any atom is -0.479 e. The van der Waals surface area contributed by atoms with Crippen molar-refractivity contribution < 1.29 is 18.6 Å². The Labute approximate surface area is 194 Å². The van der Waals surface area contributed by atoms with Crippen molar-refractivity contribution in [3.8, 4) is 17.0 Å². The molecule has 5 rings (SSSR count). The van der Waals surface area contributed by atoms with Gasteiger partial charge in [0.15, 0.2) is 0 Å². The summed E-state index contributed by atoms with van der Waals surface area (Å²) < 4.78 is 34.4. The Balaban J connectivity index is 1.44. The summed E-state index contributed by atoms with van der Waals surface area (Å²) in [4.78, 5) is 6.83. The fraction of sp³-hybridized carbons (Fsp3) is 0.455. The molecule has 0 saturated carbocycles. The number of halogens is 2. The lowest BCUT2D eigenvalue weighted by Crippen LogP contribution is -2.40. The van der Waals surface area contributed by atoms with Crippen LogP contribution in [0.5, 0.6) is 5.88 Å². The number of aliphatic hydroxyl groups is 1. The molecular formula is C22H26F2N8O2. The Morgan fingerprint density at radius 1 is 1.24 bits per heavy atom. The summed E-state index contributed by atoms with van der Waals surface area (Å²) in [6, 6.07) is 7.54. The van der Waals surface area contributed by atoms with E-state index >= 15 is 0 Å². The SMILES string of the molecule is COc1nc(NC2CCN(CCO)CC2)nn2ccc(-c3ccc4nnn(CC(F)F)c4c3)c12. The van der Waals surface area contributed by atoms with Crippen LogP contribution in [0.4, 0.5) is 14.7 Å². The van der Waals surface area contributed by atoms with Crippen molar-refractivity contribution in [1.82, 2.24) is 34.5 Å². The topological polar surface area (TPSA) is 106 Å². The number of piperidine rings is 1. The van der Waals surface area contributed by atoms with E-state index in [4.69, 9.17) is 9.84 Å². The number of anilines is 1. The first-order chi connectivity index (χ1) is 16.6. The van der Waals surface area contributed by atoms with Crippen LogP contribution in [0, 0.1) is 0 Å². The first kappa shape index (κ1) is 22.4. The van der Waals surface area contributed by atoms with Crippen LogP contribution >= 0.6 is 0 Å². The molecule has 34 heavy (non-hydrogen) atoms. The molecule has 0 radical (unpaired) electrons. The standard InChI is InChI=1S/C22H26F2N8O2/c1-34-21-20-16(14-2-3-17-18(12-14)32(29-27-17)13-19(23)24)6-9-31(20)28-22(26-21)25-15-4-7-30(8-5-15)10-11-33/h2-3,6,9,12,15,19,33H,4-5,7-8,10-11,13H2,1H3,(H,25,28). The highest BCUT2D eigenvalue weighted by molar-refractivity contribution is 5.89. The first-order valence-electron chi connectivity index (χ1n) is 11.2. The van der Waals surface area contributed by atoms with Crippen molar-refractivity contribution in [2.24, 2.45) is 0 Å². The number of likely N-dealkylation sites (tertiary alicyclic amines) is 1. The molecule has 1 aliphatic heterocycles. The fourth-order valence-corrected chi connectivity index (χ4v) is 4.45. The van der Waals surface area contributed by atoms with Crippen LogP contribution in [0.3, 0.4) is 0 Å². The lowest BCUT2D eigenvalue weighted by molar-refractivity contribution is 0.122. The molecule has 4 aromatic rings. The smallest absolute Gasteiger partial charge is 0.258 e. The number of benzene rings is 1. The zero-order valence-corrected chi connectivity index (χ0v) is 18.7.